The Balaban J connectivity index is 1.67. The maximum absolute atomic E-state index is 12.9. The van der Waals surface area contributed by atoms with Crippen molar-refractivity contribution in [2.24, 2.45) is 0 Å². The highest BCUT2D eigenvalue weighted by Crippen LogP contribution is 2.43. The van der Waals surface area contributed by atoms with Crippen LogP contribution in [0.1, 0.15) is 39.1 Å². The van der Waals surface area contributed by atoms with Gasteiger partial charge in [-0.3, -0.25) is 4.79 Å². The summed E-state index contributed by atoms with van der Waals surface area (Å²) >= 11 is 3.44. The lowest BCUT2D eigenvalue weighted by Crippen LogP contribution is -2.48. The van der Waals surface area contributed by atoms with Gasteiger partial charge in [0.2, 0.25) is 0 Å². The lowest BCUT2D eigenvalue weighted by Gasteiger charge is -2.39. The predicted octanol–water partition coefficient (Wildman–Crippen LogP) is 3.75. The van der Waals surface area contributed by atoms with Crippen molar-refractivity contribution in [2.45, 2.75) is 18.4 Å². The molecule has 24 heavy (non-hydrogen) atoms. The van der Waals surface area contributed by atoms with Crippen molar-refractivity contribution in [2.75, 3.05) is 13.1 Å². The van der Waals surface area contributed by atoms with Crippen LogP contribution in [0.4, 0.5) is 0 Å². The van der Waals surface area contributed by atoms with Gasteiger partial charge < -0.3 is 9.64 Å². The number of hydrogen-bond acceptors (Lipinski definition) is 3. The fraction of sp³-hybridized carbons (Fsp3) is 0.263. The van der Waals surface area contributed by atoms with Gasteiger partial charge in [0.05, 0.1) is 17.7 Å². The number of rotatable bonds is 1. The molecule has 2 heterocycles. The zero-order chi connectivity index (χ0) is 16.7. The zero-order valence-corrected chi connectivity index (χ0v) is 14.6. The largest absolute Gasteiger partial charge is 0.449 e. The standard InChI is InChI=1S/C19H16BrNO3/c20-16-9-4-2-7-14(16)17(22)21-11-5-10-19(12-21)15-8-3-1-6-13(15)18(23)24-19/h1-4,6-9H,5,10-12H2/t19-/m0/s1. The Bertz CT molecular complexity index is 835. The first kappa shape index (κ1) is 15.4. The predicted molar refractivity (Wildman–Crippen MR) is 92.8 cm³/mol. The molecule has 0 radical (unpaired) electrons. The van der Waals surface area contributed by atoms with Gasteiger partial charge in [0.25, 0.3) is 5.91 Å². The quantitative estimate of drug-likeness (QED) is 0.702. The van der Waals surface area contributed by atoms with Crippen LogP contribution in [0.25, 0.3) is 0 Å². The molecule has 4 rings (SSSR count). The third-order valence-electron chi connectivity index (χ3n) is 4.77. The molecule has 5 heteroatoms. The summed E-state index contributed by atoms with van der Waals surface area (Å²) < 4.78 is 6.54. The molecule has 122 valence electrons. The number of nitrogens with zero attached hydrogens (tertiary/aromatic N) is 1. The molecule has 0 bridgehead atoms. The van der Waals surface area contributed by atoms with Gasteiger partial charge in [-0.2, -0.15) is 0 Å². The maximum atomic E-state index is 12.9. The van der Waals surface area contributed by atoms with Crippen LogP contribution in [0.2, 0.25) is 0 Å². The minimum Gasteiger partial charge on any atom is -0.449 e. The lowest BCUT2D eigenvalue weighted by molar-refractivity contribution is -0.0442. The SMILES string of the molecule is O=C1O[C@]2(CCCN(C(=O)c3ccccc3Br)C2)c2ccccc21. The molecular weight excluding hydrogens is 370 g/mol. The first-order valence-corrected chi connectivity index (χ1v) is 8.77. The summed E-state index contributed by atoms with van der Waals surface area (Å²) in [5, 5.41) is 0. The third-order valence-corrected chi connectivity index (χ3v) is 5.46. The van der Waals surface area contributed by atoms with Crippen LogP contribution in [0.3, 0.4) is 0 Å². The van der Waals surface area contributed by atoms with E-state index in [1.807, 2.05) is 42.5 Å². The summed E-state index contributed by atoms with van der Waals surface area (Å²) in [7, 11) is 0. The second-order valence-electron chi connectivity index (χ2n) is 6.24. The Morgan fingerprint density at radius 3 is 2.71 bits per heavy atom. The summed E-state index contributed by atoms with van der Waals surface area (Å²) in [6.45, 7) is 1.07. The van der Waals surface area contributed by atoms with E-state index < -0.39 is 5.60 Å². The van der Waals surface area contributed by atoms with Crippen LogP contribution in [-0.2, 0) is 10.3 Å². The van der Waals surface area contributed by atoms with Gasteiger partial charge in [-0.1, -0.05) is 30.3 Å². The van der Waals surface area contributed by atoms with E-state index in [4.69, 9.17) is 4.74 Å². The molecule has 2 aliphatic heterocycles. The number of likely N-dealkylation sites (tertiary alicyclic amines) is 1. The summed E-state index contributed by atoms with van der Waals surface area (Å²) in [6, 6.07) is 14.9. The van der Waals surface area contributed by atoms with Crippen molar-refractivity contribution < 1.29 is 14.3 Å². The van der Waals surface area contributed by atoms with Gasteiger partial charge >= 0.3 is 5.97 Å². The summed E-state index contributed by atoms with van der Waals surface area (Å²) in [5.41, 5.74) is 1.45. The average Bonchev–Trinajstić information content (AvgIpc) is 2.87. The molecular formula is C19H16BrNO3. The van der Waals surface area contributed by atoms with Crippen molar-refractivity contribution in [1.29, 1.82) is 0 Å². The highest BCUT2D eigenvalue weighted by molar-refractivity contribution is 9.10. The fourth-order valence-electron chi connectivity index (χ4n) is 3.65. The van der Waals surface area contributed by atoms with Crippen molar-refractivity contribution in [3.63, 3.8) is 0 Å². The number of amides is 1. The monoisotopic (exact) mass is 385 g/mol. The molecule has 0 aliphatic carbocycles. The number of piperidine rings is 1. The third kappa shape index (κ3) is 2.35. The minimum absolute atomic E-state index is 0.0398. The van der Waals surface area contributed by atoms with Crippen LogP contribution >= 0.6 is 15.9 Å². The lowest BCUT2D eigenvalue weighted by atomic mass is 9.85. The normalized spacial score (nSPS) is 22.4. The molecule has 0 N–H and O–H groups in total. The highest BCUT2D eigenvalue weighted by Gasteiger charge is 2.48. The van der Waals surface area contributed by atoms with E-state index in [1.165, 1.54) is 0 Å². The van der Waals surface area contributed by atoms with Crippen molar-refractivity contribution in [1.82, 2.24) is 4.90 Å². The maximum Gasteiger partial charge on any atom is 0.339 e. The molecule has 1 spiro atoms. The topological polar surface area (TPSA) is 46.6 Å². The second-order valence-corrected chi connectivity index (χ2v) is 7.09. The van der Waals surface area contributed by atoms with Gasteiger partial charge in [-0.05, 0) is 47.0 Å². The summed E-state index contributed by atoms with van der Waals surface area (Å²) in [5.74, 6) is -0.331. The molecule has 2 aromatic rings. The van der Waals surface area contributed by atoms with Crippen LogP contribution in [-0.4, -0.2) is 29.9 Å². The molecule has 0 aromatic heterocycles. The second kappa shape index (κ2) is 5.74. The Kier molecular flexibility index (Phi) is 3.68. The van der Waals surface area contributed by atoms with Crippen LogP contribution in [0, 0.1) is 0 Å². The molecule has 2 aliphatic rings. The number of benzene rings is 2. The smallest absolute Gasteiger partial charge is 0.339 e. The van der Waals surface area contributed by atoms with E-state index in [0.717, 1.165) is 22.9 Å². The fourth-order valence-corrected chi connectivity index (χ4v) is 4.10. The van der Waals surface area contributed by atoms with E-state index in [2.05, 4.69) is 15.9 Å². The van der Waals surface area contributed by atoms with Gasteiger partial charge in [-0.15, -0.1) is 0 Å². The van der Waals surface area contributed by atoms with Crippen molar-refractivity contribution in [3.8, 4) is 0 Å². The molecule has 1 saturated heterocycles. The number of halogens is 1. The molecule has 1 fully saturated rings. The zero-order valence-electron chi connectivity index (χ0n) is 13.0. The van der Waals surface area contributed by atoms with E-state index in [9.17, 15) is 9.59 Å². The van der Waals surface area contributed by atoms with Gasteiger partial charge in [0, 0.05) is 16.6 Å². The number of esters is 1. The highest BCUT2D eigenvalue weighted by atomic mass is 79.9. The first-order valence-electron chi connectivity index (χ1n) is 7.97. The Hall–Kier alpha value is -2.14. The molecule has 1 amide bonds. The first-order chi connectivity index (χ1) is 11.6. The summed E-state index contributed by atoms with van der Waals surface area (Å²) in [4.78, 5) is 26.9. The van der Waals surface area contributed by atoms with E-state index >= 15 is 0 Å². The van der Waals surface area contributed by atoms with Crippen molar-refractivity contribution in [3.05, 3.63) is 69.7 Å². The number of carbonyl (C=O) groups is 2. The number of carbonyl (C=O) groups excluding carboxylic acids is 2. The Morgan fingerprint density at radius 2 is 1.88 bits per heavy atom. The Morgan fingerprint density at radius 1 is 1.12 bits per heavy atom. The molecule has 0 saturated carbocycles. The minimum atomic E-state index is -0.706. The van der Waals surface area contributed by atoms with Crippen molar-refractivity contribution >= 4 is 27.8 Å². The van der Waals surface area contributed by atoms with Gasteiger partial charge in [0.1, 0.15) is 0 Å². The van der Waals surface area contributed by atoms with Gasteiger partial charge in [0.15, 0.2) is 5.60 Å². The number of hydrogen-bond donors (Lipinski definition) is 0. The molecule has 2 aromatic carbocycles. The number of ether oxygens (including phenoxy) is 1. The van der Waals surface area contributed by atoms with Crippen LogP contribution in [0.15, 0.2) is 53.0 Å². The molecule has 1 atom stereocenters. The van der Waals surface area contributed by atoms with Gasteiger partial charge in [-0.25, -0.2) is 4.79 Å². The van der Waals surface area contributed by atoms with E-state index in [-0.39, 0.29) is 11.9 Å². The Labute approximate surface area is 148 Å². The average molecular weight is 386 g/mol. The van der Waals surface area contributed by atoms with Crippen LogP contribution in [0.5, 0.6) is 0 Å². The molecule has 0 unspecified atom stereocenters. The van der Waals surface area contributed by atoms with E-state index in [1.54, 1.807) is 11.0 Å². The van der Waals surface area contributed by atoms with Crippen LogP contribution < -0.4 is 0 Å². The molecule has 4 nitrogen and oxygen atoms in total. The number of fused-ring (bicyclic) bond motifs is 2. The van der Waals surface area contributed by atoms with E-state index in [0.29, 0.717) is 24.2 Å². The summed E-state index contributed by atoms with van der Waals surface area (Å²) in [6.07, 6.45) is 1.55.